The molecule has 0 fully saturated rings. The first kappa shape index (κ1) is 21.9. The van der Waals surface area contributed by atoms with Crippen LogP contribution < -0.4 is 20.1 Å². The smallest absolute Gasteiger partial charge is 0.262 e. The minimum atomic E-state index is -0.287. The van der Waals surface area contributed by atoms with E-state index in [-0.39, 0.29) is 25.0 Å². The maximum atomic E-state index is 12.3. The molecule has 0 aliphatic rings. The quantitative estimate of drug-likeness (QED) is 0.558. The van der Waals surface area contributed by atoms with Crippen molar-refractivity contribution in [3.63, 3.8) is 0 Å². The Morgan fingerprint density at radius 3 is 1.81 bits per heavy atom. The number of amides is 2. The maximum Gasteiger partial charge on any atom is 0.262 e. The van der Waals surface area contributed by atoms with E-state index in [4.69, 9.17) is 9.47 Å². The third-order valence-corrected chi connectivity index (χ3v) is 4.51. The number of anilines is 2. The average Bonchev–Trinajstić information content (AvgIpc) is 2.73. The lowest BCUT2D eigenvalue weighted by atomic mass is 10.1. The van der Waals surface area contributed by atoms with Crippen LogP contribution in [0.5, 0.6) is 11.5 Å². The monoisotopic (exact) mass is 418 g/mol. The highest BCUT2D eigenvalue weighted by Crippen LogP contribution is 2.21. The number of hydrogen-bond donors (Lipinski definition) is 2. The molecule has 0 aliphatic carbocycles. The number of rotatable bonds is 8. The van der Waals surface area contributed by atoms with Crippen LogP contribution in [-0.4, -0.2) is 25.0 Å². The number of ether oxygens (including phenoxy) is 2. The third kappa shape index (κ3) is 6.89. The van der Waals surface area contributed by atoms with Gasteiger partial charge in [-0.3, -0.25) is 9.59 Å². The normalized spacial score (nSPS) is 10.3. The zero-order valence-corrected chi connectivity index (χ0v) is 17.9. The van der Waals surface area contributed by atoms with Crippen LogP contribution in [0.3, 0.4) is 0 Å². The standard InChI is InChI=1S/C25H26N2O4/c1-17-6-4-8-21(12-17)30-15-24(28)26-20-11-10-19(3)23(14-20)27-25(29)16-31-22-9-5-7-18(2)13-22/h4-14H,15-16H2,1-3H3,(H,26,28)(H,27,29). The van der Waals surface area contributed by atoms with Crippen molar-refractivity contribution in [3.8, 4) is 11.5 Å². The van der Waals surface area contributed by atoms with Crippen molar-refractivity contribution in [1.82, 2.24) is 0 Å². The van der Waals surface area contributed by atoms with Gasteiger partial charge in [-0.15, -0.1) is 0 Å². The number of nitrogens with one attached hydrogen (secondary N) is 2. The van der Waals surface area contributed by atoms with Crippen LogP contribution in [0.1, 0.15) is 16.7 Å². The van der Waals surface area contributed by atoms with Gasteiger partial charge in [-0.25, -0.2) is 0 Å². The molecule has 160 valence electrons. The first-order valence-electron chi connectivity index (χ1n) is 9.98. The molecule has 0 saturated heterocycles. The molecule has 2 N–H and O–H groups in total. The Morgan fingerprint density at radius 2 is 1.26 bits per heavy atom. The summed E-state index contributed by atoms with van der Waals surface area (Å²) in [5.41, 5.74) is 4.17. The van der Waals surface area contributed by atoms with Gasteiger partial charge in [-0.05, 0) is 73.9 Å². The van der Waals surface area contributed by atoms with Crippen molar-refractivity contribution >= 4 is 23.2 Å². The lowest BCUT2D eigenvalue weighted by Crippen LogP contribution is -2.22. The van der Waals surface area contributed by atoms with Crippen molar-refractivity contribution in [3.05, 3.63) is 83.4 Å². The summed E-state index contributed by atoms with van der Waals surface area (Å²) in [4.78, 5) is 24.5. The predicted molar refractivity (Wildman–Crippen MR) is 122 cm³/mol. The largest absolute Gasteiger partial charge is 0.484 e. The van der Waals surface area contributed by atoms with Crippen LogP contribution in [0.4, 0.5) is 11.4 Å². The molecule has 6 nitrogen and oxygen atoms in total. The fourth-order valence-corrected chi connectivity index (χ4v) is 2.93. The van der Waals surface area contributed by atoms with Crippen LogP contribution in [0.25, 0.3) is 0 Å². The van der Waals surface area contributed by atoms with Crippen LogP contribution in [-0.2, 0) is 9.59 Å². The predicted octanol–water partition coefficient (Wildman–Crippen LogP) is 4.65. The summed E-state index contributed by atoms with van der Waals surface area (Å²) in [7, 11) is 0. The summed E-state index contributed by atoms with van der Waals surface area (Å²) in [6, 6.07) is 20.3. The molecule has 0 spiro atoms. The lowest BCUT2D eigenvalue weighted by molar-refractivity contribution is -0.118. The zero-order chi connectivity index (χ0) is 22.2. The molecule has 0 heterocycles. The van der Waals surface area contributed by atoms with Crippen molar-refractivity contribution in [2.75, 3.05) is 23.8 Å². The highest BCUT2D eigenvalue weighted by atomic mass is 16.5. The molecule has 3 aromatic rings. The number of benzene rings is 3. The van der Waals surface area contributed by atoms with Gasteiger partial charge in [0.15, 0.2) is 13.2 Å². The van der Waals surface area contributed by atoms with E-state index >= 15 is 0 Å². The minimum Gasteiger partial charge on any atom is -0.484 e. The fourth-order valence-electron chi connectivity index (χ4n) is 2.93. The van der Waals surface area contributed by atoms with E-state index in [0.717, 1.165) is 16.7 Å². The van der Waals surface area contributed by atoms with Crippen LogP contribution >= 0.6 is 0 Å². The summed E-state index contributed by atoms with van der Waals surface area (Å²) in [6.45, 7) is 5.58. The Morgan fingerprint density at radius 1 is 0.710 bits per heavy atom. The van der Waals surface area contributed by atoms with Gasteiger partial charge >= 0.3 is 0 Å². The van der Waals surface area contributed by atoms with Crippen molar-refractivity contribution < 1.29 is 19.1 Å². The molecule has 31 heavy (non-hydrogen) atoms. The van der Waals surface area contributed by atoms with Gasteiger partial charge < -0.3 is 20.1 Å². The van der Waals surface area contributed by atoms with Crippen LogP contribution in [0.15, 0.2) is 66.7 Å². The molecule has 0 aromatic heterocycles. The summed E-state index contributed by atoms with van der Waals surface area (Å²) < 4.78 is 11.1. The molecule has 3 aromatic carbocycles. The Hall–Kier alpha value is -3.80. The van der Waals surface area contributed by atoms with Crippen molar-refractivity contribution in [1.29, 1.82) is 0 Å². The van der Waals surface area contributed by atoms with E-state index in [1.807, 2.05) is 63.2 Å². The Kier molecular flexibility index (Phi) is 7.27. The summed E-state index contributed by atoms with van der Waals surface area (Å²) in [5.74, 6) is 0.711. The molecular weight excluding hydrogens is 392 g/mol. The molecule has 0 atom stereocenters. The van der Waals surface area contributed by atoms with Crippen molar-refractivity contribution in [2.24, 2.45) is 0 Å². The molecule has 0 unspecified atom stereocenters. The second kappa shape index (κ2) is 10.3. The van der Waals surface area contributed by atoms with Gasteiger partial charge in [-0.1, -0.05) is 30.3 Å². The van der Waals surface area contributed by atoms with E-state index in [1.54, 1.807) is 24.3 Å². The van der Waals surface area contributed by atoms with E-state index < -0.39 is 0 Å². The zero-order valence-electron chi connectivity index (χ0n) is 17.9. The molecule has 0 aliphatic heterocycles. The molecule has 0 radical (unpaired) electrons. The van der Waals surface area contributed by atoms with Crippen LogP contribution in [0, 0.1) is 20.8 Å². The summed E-state index contributed by atoms with van der Waals surface area (Å²) in [6.07, 6.45) is 0. The van der Waals surface area contributed by atoms with Gasteiger partial charge in [0.2, 0.25) is 0 Å². The van der Waals surface area contributed by atoms with Gasteiger partial charge in [0.05, 0.1) is 0 Å². The van der Waals surface area contributed by atoms with E-state index in [2.05, 4.69) is 10.6 Å². The fraction of sp³-hybridized carbons (Fsp3) is 0.200. The molecule has 3 rings (SSSR count). The van der Waals surface area contributed by atoms with Gasteiger partial charge in [0.1, 0.15) is 11.5 Å². The molecule has 0 bridgehead atoms. The number of carbonyl (C=O) groups is 2. The molecule has 0 saturated carbocycles. The Bertz CT molecular complexity index is 1080. The second-order valence-electron chi connectivity index (χ2n) is 7.34. The first-order chi connectivity index (χ1) is 14.9. The van der Waals surface area contributed by atoms with Crippen LogP contribution in [0.2, 0.25) is 0 Å². The molecule has 6 heteroatoms. The maximum absolute atomic E-state index is 12.3. The Labute approximate surface area is 182 Å². The molecule has 2 amide bonds. The van der Waals surface area contributed by atoms with Gasteiger partial charge in [0.25, 0.3) is 11.8 Å². The molecular formula is C25H26N2O4. The summed E-state index contributed by atoms with van der Waals surface area (Å²) >= 11 is 0. The summed E-state index contributed by atoms with van der Waals surface area (Å²) in [5, 5.41) is 5.61. The first-order valence-corrected chi connectivity index (χ1v) is 9.98. The SMILES string of the molecule is Cc1cccc(OCC(=O)Nc2ccc(C)c(NC(=O)COc3cccc(C)c3)c2)c1. The second-order valence-corrected chi connectivity index (χ2v) is 7.34. The number of aryl methyl sites for hydroxylation is 3. The Balaban J connectivity index is 1.54. The number of carbonyl (C=O) groups excluding carboxylic acids is 2. The topological polar surface area (TPSA) is 76.7 Å². The lowest BCUT2D eigenvalue weighted by Gasteiger charge is -2.13. The number of hydrogen-bond acceptors (Lipinski definition) is 4. The van der Waals surface area contributed by atoms with E-state index in [9.17, 15) is 9.59 Å². The average molecular weight is 418 g/mol. The van der Waals surface area contributed by atoms with Gasteiger partial charge in [-0.2, -0.15) is 0 Å². The minimum absolute atomic E-state index is 0.107. The van der Waals surface area contributed by atoms with E-state index in [1.165, 1.54) is 0 Å². The highest BCUT2D eigenvalue weighted by molar-refractivity contribution is 5.95. The van der Waals surface area contributed by atoms with Gasteiger partial charge in [0, 0.05) is 11.4 Å². The van der Waals surface area contributed by atoms with Crippen molar-refractivity contribution in [2.45, 2.75) is 20.8 Å². The van der Waals surface area contributed by atoms with E-state index in [0.29, 0.717) is 22.9 Å². The third-order valence-electron chi connectivity index (χ3n) is 4.51. The highest BCUT2D eigenvalue weighted by Gasteiger charge is 2.09.